The van der Waals surface area contributed by atoms with Crippen LogP contribution in [0.5, 0.6) is 0 Å². The quantitative estimate of drug-likeness (QED) is 0.516. The van der Waals surface area contributed by atoms with Gasteiger partial charge in [0.05, 0.1) is 11.2 Å². The number of pyridine rings is 1. The standard InChI is InChI=1S/C21H17F3N4O/c1-26-19(12-18(25)21(22,23)24)28-20(29)15-8-10-17-14(11-15)7-9-16(27-17)13-5-3-2-4-6-13/h2-12H,25H2,1H3,(H,26,28,29)/b18-12-. The van der Waals surface area contributed by atoms with E-state index in [0.717, 1.165) is 16.6 Å². The Morgan fingerprint density at radius 3 is 2.48 bits per heavy atom. The Bertz CT molecular complexity index is 1110. The van der Waals surface area contributed by atoms with Gasteiger partial charge in [-0.2, -0.15) is 13.2 Å². The summed E-state index contributed by atoms with van der Waals surface area (Å²) in [6.45, 7) is 0. The molecule has 8 heteroatoms. The van der Waals surface area contributed by atoms with Gasteiger partial charge in [0.1, 0.15) is 11.5 Å². The van der Waals surface area contributed by atoms with Crippen LogP contribution in [0, 0.1) is 0 Å². The Balaban J connectivity index is 1.83. The molecule has 3 rings (SSSR count). The van der Waals surface area contributed by atoms with Gasteiger partial charge in [-0.3, -0.25) is 9.79 Å². The number of rotatable bonds is 3. The molecule has 0 aliphatic carbocycles. The van der Waals surface area contributed by atoms with E-state index in [1.807, 2.05) is 42.5 Å². The maximum absolute atomic E-state index is 12.6. The first-order valence-corrected chi connectivity index (χ1v) is 8.56. The fourth-order valence-electron chi connectivity index (χ4n) is 2.61. The summed E-state index contributed by atoms with van der Waals surface area (Å²) in [5.41, 5.74) is 6.33. The van der Waals surface area contributed by atoms with Crippen molar-refractivity contribution in [1.82, 2.24) is 10.3 Å². The number of benzene rings is 2. The van der Waals surface area contributed by atoms with E-state index in [0.29, 0.717) is 11.6 Å². The highest BCUT2D eigenvalue weighted by Gasteiger charge is 2.31. The predicted molar refractivity (Wildman–Crippen MR) is 106 cm³/mol. The molecule has 5 nitrogen and oxygen atoms in total. The van der Waals surface area contributed by atoms with Gasteiger partial charge >= 0.3 is 6.18 Å². The first kappa shape index (κ1) is 20.1. The van der Waals surface area contributed by atoms with E-state index in [-0.39, 0.29) is 11.4 Å². The molecule has 0 spiro atoms. The number of hydrogen-bond acceptors (Lipinski definition) is 4. The average molecular weight is 398 g/mol. The Labute approximate surface area is 164 Å². The number of nitrogens with zero attached hydrogens (tertiary/aromatic N) is 2. The highest BCUT2D eigenvalue weighted by molar-refractivity contribution is 6.11. The number of carbonyl (C=O) groups excluding carboxylic acids is 1. The van der Waals surface area contributed by atoms with Gasteiger partial charge in [0.2, 0.25) is 0 Å². The zero-order valence-electron chi connectivity index (χ0n) is 15.4. The van der Waals surface area contributed by atoms with Crippen LogP contribution < -0.4 is 11.1 Å². The van der Waals surface area contributed by atoms with E-state index in [2.05, 4.69) is 15.3 Å². The molecule has 0 atom stereocenters. The molecule has 1 aromatic heterocycles. The van der Waals surface area contributed by atoms with Gasteiger partial charge in [0.15, 0.2) is 0 Å². The fourth-order valence-corrected chi connectivity index (χ4v) is 2.61. The molecule has 0 unspecified atom stereocenters. The lowest BCUT2D eigenvalue weighted by Crippen LogP contribution is -2.31. The second-order valence-electron chi connectivity index (χ2n) is 6.13. The lowest BCUT2D eigenvalue weighted by Gasteiger charge is -2.09. The van der Waals surface area contributed by atoms with Crippen molar-refractivity contribution in [2.24, 2.45) is 10.7 Å². The number of aliphatic imine (C=N–C) groups is 1. The summed E-state index contributed by atoms with van der Waals surface area (Å²) < 4.78 is 37.7. The van der Waals surface area contributed by atoms with E-state index in [1.165, 1.54) is 7.05 Å². The molecule has 29 heavy (non-hydrogen) atoms. The average Bonchev–Trinajstić information content (AvgIpc) is 2.72. The monoisotopic (exact) mass is 398 g/mol. The molecule has 0 aliphatic heterocycles. The van der Waals surface area contributed by atoms with Gasteiger partial charge in [-0.1, -0.05) is 36.4 Å². The zero-order valence-corrected chi connectivity index (χ0v) is 15.4. The second kappa shape index (κ2) is 8.14. The molecule has 2 aromatic carbocycles. The molecule has 148 valence electrons. The van der Waals surface area contributed by atoms with Gasteiger partial charge in [-0.05, 0) is 24.3 Å². The van der Waals surface area contributed by atoms with Crippen molar-refractivity contribution < 1.29 is 18.0 Å². The van der Waals surface area contributed by atoms with Gasteiger partial charge in [0.25, 0.3) is 5.91 Å². The number of fused-ring (bicyclic) bond motifs is 1. The molecule has 0 radical (unpaired) electrons. The van der Waals surface area contributed by atoms with Crippen LogP contribution in [-0.2, 0) is 0 Å². The van der Waals surface area contributed by atoms with Crippen LogP contribution in [0.15, 0.2) is 77.4 Å². The smallest absolute Gasteiger partial charge is 0.395 e. The normalized spacial score (nSPS) is 12.8. The first-order chi connectivity index (χ1) is 13.8. The van der Waals surface area contributed by atoms with Crippen molar-refractivity contribution in [3.05, 3.63) is 78.0 Å². The summed E-state index contributed by atoms with van der Waals surface area (Å²) >= 11 is 0. The summed E-state index contributed by atoms with van der Waals surface area (Å²) in [6.07, 6.45) is -4.13. The number of allylic oxidation sites excluding steroid dienone is 1. The molecule has 0 saturated heterocycles. The highest BCUT2D eigenvalue weighted by Crippen LogP contribution is 2.22. The maximum Gasteiger partial charge on any atom is 0.430 e. The summed E-state index contributed by atoms with van der Waals surface area (Å²) in [6, 6.07) is 18.1. The minimum atomic E-state index is -4.70. The molecule has 1 heterocycles. The fraction of sp³-hybridized carbons (Fsp3) is 0.0952. The predicted octanol–water partition coefficient (Wildman–Crippen LogP) is 4.06. The van der Waals surface area contributed by atoms with Crippen LogP contribution in [0.1, 0.15) is 10.4 Å². The van der Waals surface area contributed by atoms with Crippen LogP contribution in [0.4, 0.5) is 13.2 Å². The Morgan fingerprint density at radius 1 is 1.10 bits per heavy atom. The maximum atomic E-state index is 12.6. The minimum Gasteiger partial charge on any atom is -0.395 e. The molecule has 3 N–H and O–H groups in total. The van der Waals surface area contributed by atoms with Crippen LogP contribution in [0.2, 0.25) is 0 Å². The third kappa shape index (κ3) is 4.78. The van der Waals surface area contributed by atoms with E-state index < -0.39 is 17.8 Å². The van der Waals surface area contributed by atoms with Crippen molar-refractivity contribution in [3.8, 4) is 11.3 Å². The minimum absolute atomic E-state index is 0.256. The molecule has 3 aromatic rings. The summed E-state index contributed by atoms with van der Waals surface area (Å²) in [5, 5.41) is 3.04. The third-order valence-corrected chi connectivity index (χ3v) is 4.12. The number of halogens is 3. The number of alkyl halides is 3. The summed E-state index contributed by atoms with van der Waals surface area (Å²) in [5.74, 6) is -0.895. The number of nitrogens with two attached hydrogens (primary N) is 1. The SMILES string of the molecule is CN=C(/C=C(\N)C(F)(F)F)NC(=O)c1ccc2nc(-c3ccccc3)ccc2c1. The first-order valence-electron chi connectivity index (χ1n) is 8.56. The van der Waals surface area contributed by atoms with Crippen molar-refractivity contribution in [3.63, 3.8) is 0 Å². The molecule has 0 fully saturated rings. The molecule has 0 saturated carbocycles. The number of hydrogen-bond donors (Lipinski definition) is 2. The lowest BCUT2D eigenvalue weighted by molar-refractivity contribution is -0.0925. The van der Waals surface area contributed by atoms with Gasteiger partial charge in [0, 0.05) is 29.6 Å². The summed E-state index contributed by atoms with van der Waals surface area (Å²) in [4.78, 5) is 20.6. The van der Waals surface area contributed by atoms with Crippen molar-refractivity contribution in [1.29, 1.82) is 0 Å². The van der Waals surface area contributed by atoms with Gasteiger partial charge < -0.3 is 11.1 Å². The van der Waals surface area contributed by atoms with Crippen LogP contribution in [0.25, 0.3) is 22.2 Å². The van der Waals surface area contributed by atoms with Gasteiger partial charge in [-0.25, -0.2) is 4.98 Å². The van der Waals surface area contributed by atoms with E-state index in [9.17, 15) is 18.0 Å². The summed E-state index contributed by atoms with van der Waals surface area (Å²) in [7, 11) is 1.26. The number of amidine groups is 1. The number of nitrogens with one attached hydrogen (secondary N) is 1. The topological polar surface area (TPSA) is 80.4 Å². The second-order valence-corrected chi connectivity index (χ2v) is 6.13. The molecule has 0 bridgehead atoms. The Kier molecular flexibility index (Phi) is 5.63. The largest absolute Gasteiger partial charge is 0.430 e. The molecular weight excluding hydrogens is 381 g/mol. The van der Waals surface area contributed by atoms with Crippen LogP contribution in [0.3, 0.4) is 0 Å². The van der Waals surface area contributed by atoms with Crippen LogP contribution in [-0.4, -0.2) is 30.0 Å². The Morgan fingerprint density at radius 2 is 1.83 bits per heavy atom. The highest BCUT2D eigenvalue weighted by atomic mass is 19.4. The van der Waals surface area contributed by atoms with Crippen LogP contribution >= 0.6 is 0 Å². The van der Waals surface area contributed by atoms with Crippen molar-refractivity contribution in [2.45, 2.75) is 6.18 Å². The number of amides is 1. The molecular formula is C21H17F3N4O. The number of carbonyl (C=O) groups is 1. The molecule has 1 amide bonds. The molecule has 0 aliphatic rings. The zero-order chi connectivity index (χ0) is 21.0. The van der Waals surface area contributed by atoms with Crippen molar-refractivity contribution in [2.75, 3.05) is 7.05 Å². The van der Waals surface area contributed by atoms with E-state index in [1.54, 1.807) is 18.2 Å². The number of aromatic nitrogens is 1. The van der Waals surface area contributed by atoms with E-state index in [4.69, 9.17) is 5.73 Å². The van der Waals surface area contributed by atoms with E-state index >= 15 is 0 Å². The van der Waals surface area contributed by atoms with Gasteiger partial charge in [-0.15, -0.1) is 0 Å². The van der Waals surface area contributed by atoms with Crippen molar-refractivity contribution >= 4 is 22.6 Å². The Hall–Kier alpha value is -3.68. The lowest BCUT2D eigenvalue weighted by atomic mass is 10.1. The third-order valence-electron chi connectivity index (χ3n) is 4.12.